The maximum atomic E-state index is 11.2. The third-order valence-corrected chi connectivity index (χ3v) is 6.96. The van der Waals surface area contributed by atoms with Crippen molar-refractivity contribution in [2.24, 2.45) is 0 Å². The highest BCUT2D eigenvalue weighted by Crippen LogP contribution is 2.44. The van der Waals surface area contributed by atoms with Gasteiger partial charge >= 0.3 is 0 Å². The van der Waals surface area contributed by atoms with E-state index in [0.717, 1.165) is 66.7 Å². The first-order valence-electron chi connectivity index (χ1n) is 12.1. The van der Waals surface area contributed by atoms with Crippen molar-refractivity contribution in [1.82, 2.24) is 9.88 Å². The molecule has 0 saturated carbocycles. The number of aromatic nitrogens is 1. The summed E-state index contributed by atoms with van der Waals surface area (Å²) in [7, 11) is 1.65. The third kappa shape index (κ3) is 4.73. The van der Waals surface area contributed by atoms with Gasteiger partial charge in [0.2, 0.25) is 0 Å². The Morgan fingerprint density at radius 2 is 2.12 bits per heavy atom. The molecule has 0 radical (unpaired) electrons. The van der Waals surface area contributed by atoms with Crippen LogP contribution in [0.15, 0.2) is 12.1 Å². The van der Waals surface area contributed by atoms with E-state index in [1.54, 1.807) is 7.11 Å². The average molecular weight is 456 g/mol. The summed E-state index contributed by atoms with van der Waals surface area (Å²) in [5.41, 5.74) is 2.95. The van der Waals surface area contributed by atoms with Crippen LogP contribution in [-0.4, -0.2) is 69.0 Å². The predicted octanol–water partition coefficient (Wildman–Crippen LogP) is 3.47. The molecule has 2 saturated heterocycles. The standard InChI is InChI=1S/C25H33N3O5/c1-30-22-13-19-20(14-23(22)32-11-4-10-28-8-2-3-9-28)27-25(26-17-7-12-31-15-17)18-5-6-21(24(18)19)33-16-29/h13-14,16-17,21H,2-12,15H2,1H3,(H,26,27)/t17-,21?/m1/s1. The summed E-state index contributed by atoms with van der Waals surface area (Å²) in [5.74, 6) is 2.23. The van der Waals surface area contributed by atoms with E-state index in [-0.39, 0.29) is 12.1 Å². The van der Waals surface area contributed by atoms with Gasteiger partial charge in [-0.1, -0.05) is 0 Å². The Labute approximate surface area is 194 Å². The van der Waals surface area contributed by atoms with Gasteiger partial charge in [0.15, 0.2) is 11.5 Å². The molecular weight excluding hydrogens is 422 g/mol. The molecule has 5 rings (SSSR count). The Bertz CT molecular complexity index is 986. The van der Waals surface area contributed by atoms with E-state index >= 15 is 0 Å². The normalized spacial score (nSPS) is 22.5. The fourth-order valence-corrected chi connectivity index (χ4v) is 5.29. The van der Waals surface area contributed by atoms with E-state index in [1.807, 2.05) is 12.1 Å². The summed E-state index contributed by atoms with van der Waals surface area (Å²) in [5, 5.41) is 4.52. The minimum absolute atomic E-state index is 0.240. The lowest BCUT2D eigenvalue weighted by atomic mass is 10.0. The van der Waals surface area contributed by atoms with Crippen molar-refractivity contribution in [3.63, 3.8) is 0 Å². The predicted molar refractivity (Wildman–Crippen MR) is 125 cm³/mol. The third-order valence-electron chi connectivity index (χ3n) is 6.96. The van der Waals surface area contributed by atoms with E-state index in [9.17, 15) is 4.79 Å². The molecular formula is C25H33N3O5. The summed E-state index contributed by atoms with van der Waals surface area (Å²) >= 11 is 0. The molecule has 2 aromatic rings. The van der Waals surface area contributed by atoms with Gasteiger partial charge < -0.3 is 29.2 Å². The number of ether oxygens (including phenoxy) is 4. The van der Waals surface area contributed by atoms with Gasteiger partial charge in [0, 0.05) is 35.7 Å². The molecule has 0 bridgehead atoms. The summed E-state index contributed by atoms with van der Waals surface area (Å²) in [6.07, 6.45) is 5.81. The molecule has 2 aliphatic heterocycles. The lowest BCUT2D eigenvalue weighted by molar-refractivity contribution is -0.133. The number of methoxy groups -OCH3 is 1. The largest absolute Gasteiger partial charge is 0.493 e. The molecule has 3 heterocycles. The first kappa shape index (κ1) is 22.2. The molecule has 0 amide bonds. The van der Waals surface area contributed by atoms with E-state index in [0.29, 0.717) is 31.2 Å². The number of carbonyl (C=O) groups is 1. The highest BCUT2D eigenvalue weighted by atomic mass is 16.5. The first-order valence-corrected chi connectivity index (χ1v) is 12.1. The SMILES string of the molecule is COc1cc2c3c(c(N[C@@H]4CCOC4)nc2cc1OCCCN1CCCC1)CCC3OC=O. The van der Waals surface area contributed by atoms with E-state index in [4.69, 9.17) is 23.9 Å². The van der Waals surface area contributed by atoms with Crippen molar-refractivity contribution < 1.29 is 23.7 Å². The Kier molecular flexibility index (Phi) is 6.83. The number of hydrogen-bond acceptors (Lipinski definition) is 8. The van der Waals surface area contributed by atoms with Crippen molar-refractivity contribution >= 4 is 23.2 Å². The van der Waals surface area contributed by atoms with Crippen molar-refractivity contribution in [2.45, 2.75) is 50.7 Å². The number of anilines is 1. The van der Waals surface area contributed by atoms with Gasteiger partial charge in [-0.2, -0.15) is 0 Å². The van der Waals surface area contributed by atoms with Crippen molar-refractivity contribution in [1.29, 1.82) is 0 Å². The van der Waals surface area contributed by atoms with Crippen LogP contribution < -0.4 is 14.8 Å². The van der Waals surface area contributed by atoms with Gasteiger partial charge in [0.1, 0.15) is 11.9 Å². The lowest BCUT2D eigenvalue weighted by Gasteiger charge is -2.20. The molecule has 33 heavy (non-hydrogen) atoms. The molecule has 8 heteroatoms. The monoisotopic (exact) mass is 455 g/mol. The zero-order valence-corrected chi connectivity index (χ0v) is 19.3. The molecule has 1 aliphatic carbocycles. The van der Waals surface area contributed by atoms with Crippen LogP contribution in [0.4, 0.5) is 5.82 Å². The molecule has 0 spiro atoms. The van der Waals surface area contributed by atoms with Gasteiger partial charge in [-0.05, 0) is 57.7 Å². The molecule has 1 N–H and O–H groups in total. The van der Waals surface area contributed by atoms with Crippen LogP contribution in [0, 0.1) is 0 Å². The fraction of sp³-hybridized carbons (Fsp3) is 0.600. The molecule has 178 valence electrons. The summed E-state index contributed by atoms with van der Waals surface area (Å²) in [6, 6.07) is 4.17. The second-order valence-corrected chi connectivity index (χ2v) is 9.09. The second kappa shape index (κ2) is 10.1. The maximum Gasteiger partial charge on any atom is 0.293 e. The zero-order valence-electron chi connectivity index (χ0n) is 19.3. The highest BCUT2D eigenvalue weighted by Gasteiger charge is 2.31. The number of carbonyl (C=O) groups excluding carboxylic acids is 1. The van der Waals surface area contributed by atoms with Crippen LogP contribution in [0.25, 0.3) is 10.9 Å². The zero-order chi connectivity index (χ0) is 22.6. The molecule has 2 atom stereocenters. The Morgan fingerprint density at radius 1 is 1.24 bits per heavy atom. The summed E-state index contributed by atoms with van der Waals surface area (Å²) in [6.45, 7) is 6.06. The molecule has 1 aromatic heterocycles. The van der Waals surface area contributed by atoms with Crippen molar-refractivity contribution in [2.75, 3.05) is 51.9 Å². The van der Waals surface area contributed by atoms with Gasteiger partial charge in [-0.15, -0.1) is 0 Å². The van der Waals surface area contributed by atoms with Gasteiger partial charge in [0.05, 0.1) is 31.9 Å². The Hall–Kier alpha value is -2.58. The highest BCUT2D eigenvalue weighted by molar-refractivity contribution is 5.90. The minimum atomic E-state index is -0.277. The smallest absolute Gasteiger partial charge is 0.293 e. The Morgan fingerprint density at radius 3 is 2.88 bits per heavy atom. The van der Waals surface area contributed by atoms with Gasteiger partial charge in [0.25, 0.3) is 6.47 Å². The quantitative estimate of drug-likeness (QED) is 0.431. The van der Waals surface area contributed by atoms with Crippen LogP contribution in [0.1, 0.15) is 49.3 Å². The number of nitrogens with zero attached hydrogens (tertiary/aromatic N) is 2. The topological polar surface area (TPSA) is 82.2 Å². The summed E-state index contributed by atoms with van der Waals surface area (Å²) < 4.78 is 22.8. The Balaban J connectivity index is 1.44. The van der Waals surface area contributed by atoms with E-state index in [2.05, 4.69) is 10.2 Å². The molecule has 2 fully saturated rings. The summed E-state index contributed by atoms with van der Waals surface area (Å²) in [4.78, 5) is 18.6. The molecule has 3 aliphatic rings. The molecule has 1 aromatic carbocycles. The van der Waals surface area contributed by atoms with E-state index in [1.165, 1.54) is 25.9 Å². The van der Waals surface area contributed by atoms with Gasteiger partial charge in [-0.25, -0.2) is 4.98 Å². The van der Waals surface area contributed by atoms with Crippen molar-refractivity contribution in [3.05, 3.63) is 23.3 Å². The van der Waals surface area contributed by atoms with Crippen LogP contribution in [0.3, 0.4) is 0 Å². The number of pyridine rings is 1. The lowest BCUT2D eigenvalue weighted by Crippen LogP contribution is -2.22. The second-order valence-electron chi connectivity index (χ2n) is 9.09. The van der Waals surface area contributed by atoms with Crippen LogP contribution in [0.5, 0.6) is 11.5 Å². The number of likely N-dealkylation sites (tertiary alicyclic amines) is 1. The molecule has 8 nitrogen and oxygen atoms in total. The van der Waals surface area contributed by atoms with Gasteiger partial charge in [-0.3, -0.25) is 4.79 Å². The van der Waals surface area contributed by atoms with Crippen LogP contribution >= 0.6 is 0 Å². The number of benzene rings is 1. The number of rotatable bonds is 10. The number of hydrogen-bond donors (Lipinski definition) is 1. The van der Waals surface area contributed by atoms with E-state index < -0.39 is 0 Å². The number of fused-ring (bicyclic) bond motifs is 3. The van der Waals surface area contributed by atoms with Crippen LogP contribution in [0.2, 0.25) is 0 Å². The minimum Gasteiger partial charge on any atom is -0.493 e. The molecule has 1 unspecified atom stereocenters. The van der Waals surface area contributed by atoms with Crippen LogP contribution in [-0.2, 0) is 20.7 Å². The maximum absolute atomic E-state index is 11.2. The first-order chi connectivity index (χ1) is 16.3. The number of nitrogens with one attached hydrogen (secondary N) is 1. The average Bonchev–Trinajstić information content (AvgIpc) is 3.59. The van der Waals surface area contributed by atoms with Crippen molar-refractivity contribution in [3.8, 4) is 11.5 Å². The fourth-order valence-electron chi connectivity index (χ4n) is 5.29.